The van der Waals surface area contributed by atoms with Crippen LogP contribution in [0.25, 0.3) is 0 Å². The Bertz CT molecular complexity index is 460. The fourth-order valence-electron chi connectivity index (χ4n) is 1.86. The molecule has 0 amide bonds. The number of aliphatic hydroxyl groups is 1. The van der Waals surface area contributed by atoms with Gasteiger partial charge in [0.2, 0.25) is 0 Å². The predicted molar refractivity (Wildman–Crippen MR) is 82.7 cm³/mol. The topological polar surface area (TPSA) is 58.6 Å². The van der Waals surface area contributed by atoms with Crippen molar-refractivity contribution in [2.24, 2.45) is 5.41 Å². The van der Waals surface area contributed by atoms with Crippen LogP contribution in [-0.2, 0) is 11.3 Å². The van der Waals surface area contributed by atoms with Crippen molar-refractivity contribution in [1.82, 2.24) is 5.32 Å². The SMILES string of the molecule is COC(=O)c1ccc(CNCC(C)(C)CCO)c(Br)c1. The number of benzene rings is 1. The maximum atomic E-state index is 11.4. The first-order chi connectivity index (χ1) is 9.39. The van der Waals surface area contributed by atoms with E-state index in [2.05, 4.69) is 39.8 Å². The third-order valence-electron chi connectivity index (χ3n) is 3.18. The lowest BCUT2D eigenvalue weighted by atomic mass is 9.90. The molecule has 0 saturated carbocycles. The molecule has 20 heavy (non-hydrogen) atoms. The molecule has 0 radical (unpaired) electrons. The summed E-state index contributed by atoms with van der Waals surface area (Å²) >= 11 is 3.47. The Morgan fingerprint density at radius 1 is 1.45 bits per heavy atom. The molecule has 2 N–H and O–H groups in total. The Kier molecular flexibility index (Phi) is 6.65. The second-order valence-corrected chi connectivity index (χ2v) is 6.39. The summed E-state index contributed by atoms with van der Waals surface area (Å²) < 4.78 is 5.57. The van der Waals surface area contributed by atoms with Gasteiger partial charge < -0.3 is 15.2 Å². The van der Waals surface area contributed by atoms with Gasteiger partial charge >= 0.3 is 5.97 Å². The highest BCUT2D eigenvalue weighted by Gasteiger charge is 2.16. The van der Waals surface area contributed by atoms with Crippen LogP contribution in [-0.4, -0.2) is 31.3 Å². The van der Waals surface area contributed by atoms with Crippen LogP contribution in [0.1, 0.15) is 36.2 Å². The van der Waals surface area contributed by atoms with Gasteiger partial charge in [-0.15, -0.1) is 0 Å². The first-order valence-electron chi connectivity index (χ1n) is 6.58. The number of methoxy groups -OCH3 is 1. The number of carbonyl (C=O) groups is 1. The minimum absolute atomic E-state index is 0.0627. The van der Waals surface area contributed by atoms with E-state index < -0.39 is 0 Å². The summed E-state index contributed by atoms with van der Waals surface area (Å²) in [6.07, 6.45) is 0.766. The third kappa shape index (κ3) is 5.23. The summed E-state index contributed by atoms with van der Waals surface area (Å²) in [7, 11) is 1.37. The summed E-state index contributed by atoms with van der Waals surface area (Å²) in [5, 5.41) is 12.4. The van der Waals surface area contributed by atoms with Crippen LogP contribution >= 0.6 is 15.9 Å². The predicted octanol–water partition coefficient (Wildman–Crippen LogP) is 2.73. The van der Waals surface area contributed by atoms with E-state index in [1.165, 1.54) is 7.11 Å². The Balaban J connectivity index is 2.59. The fraction of sp³-hybridized carbons (Fsp3) is 0.533. The highest BCUT2D eigenvalue weighted by Crippen LogP contribution is 2.21. The van der Waals surface area contributed by atoms with Crippen molar-refractivity contribution in [3.05, 3.63) is 33.8 Å². The molecule has 1 aromatic rings. The molecule has 1 aromatic carbocycles. The molecule has 0 aromatic heterocycles. The van der Waals surface area contributed by atoms with Crippen molar-refractivity contribution in [1.29, 1.82) is 0 Å². The molecular weight excluding hydrogens is 322 g/mol. The summed E-state index contributed by atoms with van der Waals surface area (Å²) in [6.45, 7) is 5.96. The summed E-state index contributed by atoms with van der Waals surface area (Å²) in [5.74, 6) is -0.339. The Hall–Kier alpha value is -0.910. The zero-order chi connectivity index (χ0) is 15.2. The van der Waals surface area contributed by atoms with Crippen molar-refractivity contribution in [3.8, 4) is 0 Å². The number of hydrogen-bond acceptors (Lipinski definition) is 4. The molecule has 0 aliphatic carbocycles. The van der Waals surface area contributed by atoms with Crippen LogP contribution in [0.15, 0.2) is 22.7 Å². The number of ether oxygens (including phenoxy) is 1. The van der Waals surface area contributed by atoms with Crippen molar-refractivity contribution in [3.63, 3.8) is 0 Å². The minimum atomic E-state index is -0.339. The average Bonchev–Trinajstić information content (AvgIpc) is 2.39. The number of hydrogen-bond donors (Lipinski definition) is 2. The standard InChI is InChI=1S/C15H22BrNO3/c1-15(2,6-7-18)10-17-9-12-5-4-11(8-13(12)16)14(19)20-3/h4-5,8,17-18H,6-7,9-10H2,1-3H3. The van der Waals surface area contributed by atoms with E-state index >= 15 is 0 Å². The second kappa shape index (κ2) is 7.76. The maximum Gasteiger partial charge on any atom is 0.337 e. The van der Waals surface area contributed by atoms with Crippen LogP contribution in [0.2, 0.25) is 0 Å². The van der Waals surface area contributed by atoms with Crippen LogP contribution in [0, 0.1) is 5.41 Å². The van der Waals surface area contributed by atoms with Crippen molar-refractivity contribution in [2.45, 2.75) is 26.8 Å². The second-order valence-electron chi connectivity index (χ2n) is 5.54. The summed E-state index contributed by atoms with van der Waals surface area (Å²) in [6, 6.07) is 5.43. The Morgan fingerprint density at radius 3 is 2.70 bits per heavy atom. The number of carbonyl (C=O) groups excluding carboxylic acids is 1. The van der Waals surface area contributed by atoms with Gasteiger partial charge in [0.1, 0.15) is 0 Å². The lowest BCUT2D eigenvalue weighted by Gasteiger charge is -2.24. The zero-order valence-electron chi connectivity index (χ0n) is 12.2. The minimum Gasteiger partial charge on any atom is -0.465 e. The molecule has 5 heteroatoms. The monoisotopic (exact) mass is 343 g/mol. The van der Waals surface area contributed by atoms with Gasteiger partial charge in [0.15, 0.2) is 0 Å². The van der Waals surface area contributed by atoms with Crippen LogP contribution in [0.5, 0.6) is 0 Å². The molecular formula is C15H22BrNO3. The highest BCUT2D eigenvalue weighted by molar-refractivity contribution is 9.10. The van der Waals surface area contributed by atoms with Gasteiger partial charge in [-0.25, -0.2) is 4.79 Å². The van der Waals surface area contributed by atoms with E-state index in [9.17, 15) is 4.79 Å². The van der Waals surface area contributed by atoms with Gasteiger partial charge in [0.25, 0.3) is 0 Å². The van der Waals surface area contributed by atoms with E-state index in [1.54, 1.807) is 12.1 Å². The molecule has 0 spiro atoms. The van der Waals surface area contributed by atoms with E-state index in [4.69, 9.17) is 5.11 Å². The highest BCUT2D eigenvalue weighted by atomic mass is 79.9. The maximum absolute atomic E-state index is 11.4. The molecule has 0 fully saturated rings. The van der Waals surface area contributed by atoms with E-state index in [0.717, 1.165) is 23.0 Å². The molecule has 0 saturated heterocycles. The van der Waals surface area contributed by atoms with E-state index in [0.29, 0.717) is 12.1 Å². The normalized spacial score (nSPS) is 11.4. The smallest absolute Gasteiger partial charge is 0.337 e. The molecule has 0 atom stereocenters. The van der Waals surface area contributed by atoms with Crippen LogP contribution < -0.4 is 5.32 Å². The van der Waals surface area contributed by atoms with Crippen LogP contribution in [0.3, 0.4) is 0 Å². The number of halogens is 1. The van der Waals surface area contributed by atoms with E-state index in [1.807, 2.05) is 6.07 Å². The molecule has 0 aliphatic heterocycles. The van der Waals surface area contributed by atoms with Gasteiger partial charge in [-0.2, -0.15) is 0 Å². The van der Waals surface area contributed by atoms with Gasteiger partial charge in [-0.1, -0.05) is 35.8 Å². The number of aliphatic hydroxyl groups excluding tert-OH is 1. The van der Waals surface area contributed by atoms with Crippen molar-refractivity contribution < 1.29 is 14.6 Å². The number of esters is 1. The third-order valence-corrected chi connectivity index (χ3v) is 3.92. The quantitative estimate of drug-likeness (QED) is 0.747. The zero-order valence-corrected chi connectivity index (χ0v) is 13.8. The average molecular weight is 344 g/mol. The Labute approximate surface area is 128 Å². The largest absolute Gasteiger partial charge is 0.465 e. The molecule has 112 valence electrons. The Morgan fingerprint density at radius 2 is 2.15 bits per heavy atom. The van der Waals surface area contributed by atoms with Crippen LogP contribution in [0.4, 0.5) is 0 Å². The summed E-state index contributed by atoms with van der Waals surface area (Å²) in [4.78, 5) is 11.4. The van der Waals surface area contributed by atoms with Crippen molar-refractivity contribution >= 4 is 21.9 Å². The first kappa shape index (κ1) is 17.1. The molecule has 4 nitrogen and oxygen atoms in total. The van der Waals surface area contributed by atoms with Gasteiger partial charge in [-0.05, 0) is 29.5 Å². The van der Waals surface area contributed by atoms with E-state index in [-0.39, 0.29) is 18.0 Å². The number of rotatable bonds is 7. The molecule has 1 rings (SSSR count). The molecule has 0 heterocycles. The van der Waals surface area contributed by atoms with Gasteiger partial charge in [0, 0.05) is 24.2 Å². The molecule has 0 aliphatic rings. The fourth-order valence-corrected chi connectivity index (χ4v) is 2.38. The number of nitrogens with one attached hydrogen (secondary N) is 1. The van der Waals surface area contributed by atoms with Crippen molar-refractivity contribution in [2.75, 3.05) is 20.3 Å². The lowest BCUT2D eigenvalue weighted by molar-refractivity contribution is 0.0600. The first-order valence-corrected chi connectivity index (χ1v) is 7.37. The van der Waals surface area contributed by atoms with Gasteiger partial charge in [0.05, 0.1) is 12.7 Å². The lowest BCUT2D eigenvalue weighted by Crippen LogP contribution is -2.30. The van der Waals surface area contributed by atoms with Gasteiger partial charge in [-0.3, -0.25) is 0 Å². The molecule has 0 bridgehead atoms. The summed E-state index contributed by atoms with van der Waals surface area (Å²) in [5.41, 5.74) is 1.67. The molecule has 0 unspecified atom stereocenters.